The van der Waals surface area contributed by atoms with E-state index in [9.17, 15) is 39.6 Å². The second-order valence-electron chi connectivity index (χ2n) is 17.2. The van der Waals surface area contributed by atoms with Gasteiger partial charge in [-0.2, -0.15) is 0 Å². The van der Waals surface area contributed by atoms with Crippen LogP contribution in [-0.2, 0) is 42.9 Å². The van der Waals surface area contributed by atoms with E-state index in [4.69, 9.17) is 23.7 Å². The first-order valence-corrected chi connectivity index (χ1v) is 19.5. The van der Waals surface area contributed by atoms with Crippen LogP contribution in [0.4, 0.5) is 0 Å². The minimum Gasteiger partial charge on any atom is -0.459 e. The molecule has 0 amide bonds. The van der Waals surface area contributed by atoms with Gasteiger partial charge in [-0.1, -0.05) is 51.0 Å². The molecular formula is C42H66O13. The molecule has 0 aromatic carbocycles. The summed E-state index contributed by atoms with van der Waals surface area (Å²) in [6.07, 6.45) is 0.120. The first kappa shape index (κ1) is 46.4. The van der Waals surface area contributed by atoms with Crippen LogP contribution in [0.1, 0.15) is 121 Å². The Morgan fingerprint density at radius 3 is 2.16 bits per heavy atom. The highest BCUT2D eigenvalue weighted by molar-refractivity contribution is 5.87. The van der Waals surface area contributed by atoms with Crippen LogP contribution in [0.25, 0.3) is 0 Å². The topological polar surface area (TPSA) is 195 Å². The fraction of sp³-hybridized carbons (Fsp3) is 0.762. The van der Waals surface area contributed by atoms with Crippen molar-refractivity contribution in [1.29, 1.82) is 0 Å². The van der Waals surface area contributed by atoms with Crippen molar-refractivity contribution in [3.8, 4) is 0 Å². The molecule has 0 aromatic rings. The fourth-order valence-corrected chi connectivity index (χ4v) is 8.89. The normalized spacial score (nSPS) is 33.6. The largest absolute Gasteiger partial charge is 0.459 e. The van der Waals surface area contributed by atoms with Crippen LogP contribution in [0.5, 0.6) is 0 Å². The highest BCUT2D eigenvalue weighted by atomic mass is 16.7. The molecule has 9 unspecified atom stereocenters. The van der Waals surface area contributed by atoms with E-state index >= 15 is 0 Å². The summed E-state index contributed by atoms with van der Waals surface area (Å²) in [5, 5.41) is 41.0. The summed E-state index contributed by atoms with van der Waals surface area (Å²) in [4.78, 5) is 49.6. The summed E-state index contributed by atoms with van der Waals surface area (Å²) in [6.45, 7) is 19.0. The lowest BCUT2D eigenvalue weighted by molar-refractivity contribution is -0.327. The van der Waals surface area contributed by atoms with Gasteiger partial charge in [-0.15, -0.1) is 0 Å². The molecule has 1 aliphatic heterocycles. The lowest BCUT2D eigenvalue weighted by atomic mass is 9.58. The molecule has 3 rings (SSSR count). The first-order chi connectivity index (χ1) is 25.4. The third-order valence-corrected chi connectivity index (χ3v) is 12.2. The Balaban J connectivity index is 1.82. The molecule has 55 heavy (non-hydrogen) atoms. The van der Waals surface area contributed by atoms with E-state index < -0.39 is 90.0 Å². The van der Waals surface area contributed by atoms with Gasteiger partial charge < -0.3 is 44.1 Å². The summed E-state index contributed by atoms with van der Waals surface area (Å²) in [6, 6.07) is 0. The van der Waals surface area contributed by atoms with Gasteiger partial charge in [0.15, 0.2) is 6.29 Å². The van der Waals surface area contributed by atoms with E-state index in [-0.39, 0.29) is 17.6 Å². The summed E-state index contributed by atoms with van der Waals surface area (Å²) >= 11 is 0. The third kappa shape index (κ3) is 11.6. The van der Waals surface area contributed by atoms with Crippen LogP contribution in [0.15, 0.2) is 34.9 Å². The van der Waals surface area contributed by atoms with Crippen LogP contribution in [0.2, 0.25) is 0 Å². The number of rotatable bonds is 15. The second kappa shape index (κ2) is 19.0. The van der Waals surface area contributed by atoms with Crippen molar-refractivity contribution >= 4 is 23.7 Å². The Bertz CT molecular complexity index is 1470. The molecule has 4 N–H and O–H groups in total. The molecule has 13 heteroatoms. The molecule has 11 atom stereocenters. The van der Waals surface area contributed by atoms with E-state index in [1.54, 1.807) is 6.08 Å². The molecule has 13 nitrogen and oxygen atoms in total. The van der Waals surface area contributed by atoms with E-state index in [0.29, 0.717) is 50.5 Å². The zero-order chi connectivity index (χ0) is 41.6. The number of aliphatic hydroxyl groups is 4. The quantitative estimate of drug-likeness (QED) is 0.101. The number of hydrogen-bond donors (Lipinski definition) is 4. The van der Waals surface area contributed by atoms with Crippen LogP contribution in [-0.4, -0.2) is 105 Å². The number of Topliss-reactive ketones (excluding diaryl/α,β-unsaturated/α-hetero) is 1. The lowest BCUT2D eigenvalue weighted by Crippen LogP contribution is -2.62. The highest BCUT2D eigenvalue weighted by Gasteiger charge is 2.55. The monoisotopic (exact) mass is 778 g/mol. The summed E-state index contributed by atoms with van der Waals surface area (Å²) < 4.78 is 29.4. The van der Waals surface area contributed by atoms with Gasteiger partial charge in [0.1, 0.15) is 48.0 Å². The molecule has 0 spiro atoms. The minimum atomic E-state index is -1.57. The molecule has 3 aliphatic rings. The summed E-state index contributed by atoms with van der Waals surface area (Å²) in [7, 11) is 0. The van der Waals surface area contributed by atoms with E-state index in [1.165, 1.54) is 20.8 Å². The molecule has 0 aromatic heterocycles. The molecule has 1 heterocycles. The van der Waals surface area contributed by atoms with Gasteiger partial charge in [-0.3, -0.25) is 19.2 Å². The van der Waals surface area contributed by atoms with Crippen LogP contribution in [0, 0.1) is 22.7 Å². The zero-order valence-corrected chi connectivity index (χ0v) is 34.6. The average Bonchev–Trinajstić information content (AvgIpc) is 3.07. The molecule has 2 fully saturated rings. The van der Waals surface area contributed by atoms with E-state index in [1.807, 2.05) is 67.5 Å². The number of ketones is 1. The molecule has 1 saturated heterocycles. The average molecular weight is 779 g/mol. The molecule has 312 valence electrons. The van der Waals surface area contributed by atoms with Crippen LogP contribution >= 0.6 is 0 Å². The van der Waals surface area contributed by atoms with E-state index in [2.05, 4.69) is 0 Å². The van der Waals surface area contributed by atoms with Gasteiger partial charge >= 0.3 is 17.9 Å². The maximum absolute atomic E-state index is 12.8. The van der Waals surface area contributed by atoms with Crippen molar-refractivity contribution in [2.24, 2.45) is 22.7 Å². The number of hydrogen-bond acceptors (Lipinski definition) is 13. The predicted octanol–water partition coefficient (Wildman–Crippen LogP) is 4.81. The Hall–Kier alpha value is -2.94. The molecule has 0 bridgehead atoms. The molecule has 2 aliphatic carbocycles. The van der Waals surface area contributed by atoms with Gasteiger partial charge in [0.25, 0.3) is 0 Å². The Morgan fingerprint density at radius 1 is 0.945 bits per heavy atom. The number of esters is 3. The maximum atomic E-state index is 12.8. The number of carbonyl (C=O) groups is 4. The van der Waals surface area contributed by atoms with E-state index in [0.717, 1.165) is 11.1 Å². The van der Waals surface area contributed by atoms with Crippen LogP contribution in [0.3, 0.4) is 0 Å². The standard InChI is InChI=1S/C42H66O13/c1-23(12-15-29(51-26(4)44)20-25(3)31(52-27(5)45)21-30-24(2)14-17-34(47)40(30,7)8)13-16-33-41(9,10)35(18-19-42(33,11)55-28(6)46)54-39-38(50)37(49)36(48)32(22-43)53-39/h12,14,20,29-33,35-39,43,48-50H,13,15-19,21-22H2,1-11H3/b23-12+,25-20+/t29?,30?,31?,32?,33-,35?,36?,37?,38?,39?,42-/m1/s1. The number of aliphatic hydroxyl groups excluding tert-OH is 4. The number of carbonyl (C=O) groups excluding carboxylic acids is 4. The minimum absolute atomic E-state index is 0.131. The maximum Gasteiger partial charge on any atom is 0.303 e. The number of ether oxygens (including phenoxy) is 5. The van der Waals surface area contributed by atoms with Crippen LogP contribution < -0.4 is 0 Å². The number of allylic oxidation sites excluding steroid dienone is 3. The molecular weight excluding hydrogens is 712 g/mol. The van der Waals surface area contributed by atoms with Crippen molar-refractivity contribution < 1.29 is 63.3 Å². The molecule has 1 saturated carbocycles. The lowest BCUT2D eigenvalue weighted by Gasteiger charge is -2.54. The van der Waals surface area contributed by atoms with Crippen molar-refractivity contribution in [3.63, 3.8) is 0 Å². The third-order valence-electron chi connectivity index (χ3n) is 12.2. The smallest absolute Gasteiger partial charge is 0.303 e. The zero-order valence-electron chi connectivity index (χ0n) is 34.6. The SMILES string of the molecule is CC(=O)OC(/C=C(\C)C(CC1C(C)=CCC(=O)C1(C)C)OC(C)=O)C/C=C(\C)CC[C@@H]1C(C)(C)C(OC2OC(CO)C(O)C(O)C2O)CC[C@@]1(C)OC(C)=O. The van der Waals surface area contributed by atoms with Gasteiger partial charge in [0.05, 0.1) is 12.7 Å². The van der Waals surface area contributed by atoms with Crippen molar-refractivity contribution in [1.82, 2.24) is 0 Å². The molecule has 0 radical (unpaired) electrons. The van der Waals surface area contributed by atoms with Gasteiger partial charge in [-0.25, -0.2) is 0 Å². The summed E-state index contributed by atoms with van der Waals surface area (Å²) in [5.74, 6) is -1.57. The Morgan fingerprint density at radius 2 is 1.58 bits per heavy atom. The summed E-state index contributed by atoms with van der Waals surface area (Å²) in [5.41, 5.74) is 0.668. The Labute approximate surface area is 326 Å². The van der Waals surface area contributed by atoms with Crippen molar-refractivity contribution in [2.45, 2.75) is 176 Å². The van der Waals surface area contributed by atoms with Crippen molar-refractivity contribution in [2.75, 3.05) is 6.61 Å². The second-order valence-corrected chi connectivity index (χ2v) is 17.2. The highest BCUT2D eigenvalue weighted by Crippen LogP contribution is 2.52. The fourth-order valence-electron chi connectivity index (χ4n) is 8.89. The van der Waals surface area contributed by atoms with Crippen molar-refractivity contribution in [3.05, 3.63) is 34.9 Å². The Kier molecular flexibility index (Phi) is 16.0. The van der Waals surface area contributed by atoms with Gasteiger partial charge in [0, 0.05) is 44.9 Å². The van der Waals surface area contributed by atoms with Gasteiger partial charge in [-0.05, 0) is 82.8 Å². The first-order valence-electron chi connectivity index (χ1n) is 19.5. The van der Waals surface area contributed by atoms with Gasteiger partial charge in [0.2, 0.25) is 0 Å². The predicted molar refractivity (Wildman–Crippen MR) is 203 cm³/mol.